The number of oxazole rings is 1. The number of imidazole rings is 1. The fourth-order valence-corrected chi connectivity index (χ4v) is 2.19. The smallest absolute Gasteiger partial charge is 0.328 e. The quantitative estimate of drug-likeness (QED) is 0.735. The molecule has 0 radical (unpaired) electrons. The van der Waals surface area contributed by atoms with Gasteiger partial charge in [-0.2, -0.15) is 0 Å². The molecule has 2 N–H and O–H groups in total. The summed E-state index contributed by atoms with van der Waals surface area (Å²) in [6.45, 7) is 3.08. The first kappa shape index (κ1) is 12.5. The average Bonchev–Trinajstić information content (AvgIpc) is 2.96. The van der Waals surface area contributed by atoms with Gasteiger partial charge in [-0.05, 0) is 18.6 Å². The minimum absolute atomic E-state index is 0.0476. The zero-order valence-electron chi connectivity index (χ0n) is 11.2. The van der Waals surface area contributed by atoms with Crippen LogP contribution < -0.4 is 11.4 Å². The molecule has 0 aliphatic heterocycles. The molecule has 0 saturated carbocycles. The van der Waals surface area contributed by atoms with Crippen LogP contribution in [0.1, 0.15) is 19.2 Å². The molecule has 104 valence electrons. The van der Waals surface area contributed by atoms with Gasteiger partial charge in [-0.15, -0.1) is 0 Å². The standard InChI is InChI=1S/C14H16N4O2/c1-2-5-17-6-7-18(14(17)19)9-13-16-11-4-3-10(15)8-12(11)20-13/h3-4,6-8H,2,5,9,15H2,1H3. The summed E-state index contributed by atoms with van der Waals surface area (Å²) in [6, 6.07) is 5.32. The van der Waals surface area contributed by atoms with Crippen molar-refractivity contribution in [2.75, 3.05) is 5.73 Å². The van der Waals surface area contributed by atoms with Crippen molar-refractivity contribution >= 4 is 16.8 Å². The maximum absolute atomic E-state index is 12.1. The maximum atomic E-state index is 12.1. The Morgan fingerprint density at radius 2 is 2.10 bits per heavy atom. The third-order valence-electron chi connectivity index (χ3n) is 3.14. The van der Waals surface area contributed by atoms with Gasteiger partial charge >= 0.3 is 5.69 Å². The van der Waals surface area contributed by atoms with Crippen LogP contribution in [-0.4, -0.2) is 14.1 Å². The summed E-state index contributed by atoms with van der Waals surface area (Å²) >= 11 is 0. The van der Waals surface area contributed by atoms with Gasteiger partial charge in [0.25, 0.3) is 0 Å². The summed E-state index contributed by atoms with van der Waals surface area (Å²) in [5.41, 5.74) is 7.67. The largest absolute Gasteiger partial charge is 0.439 e. The van der Waals surface area contributed by atoms with E-state index in [2.05, 4.69) is 4.98 Å². The topological polar surface area (TPSA) is 79.0 Å². The number of rotatable bonds is 4. The molecule has 0 atom stereocenters. The summed E-state index contributed by atoms with van der Waals surface area (Å²) < 4.78 is 8.89. The van der Waals surface area contributed by atoms with Crippen molar-refractivity contribution in [1.29, 1.82) is 0 Å². The summed E-state index contributed by atoms with van der Waals surface area (Å²) in [5, 5.41) is 0. The number of anilines is 1. The molecule has 0 saturated heterocycles. The lowest BCUT2D eigenvalue weighted by atomic mass is 10.3. The molecular formula is C14H16N4O2. The lowest BCUT2D eigenvalue weighted by Crippen LogP contribution is -2.24. The van der Waals surface area contributed by atoms with E-state index in [-0.39, 0.29) is 5.69 Å². The normalized spacial score (nSPS) is 11.2. The van der Waals surface area contributed by atoms with E-state index in [0.717, 1.165) is 18.5 Å². The monoisotopic (exact) mass is 272 g/mol. The third-order valence-corrected chi connectivity index (χ3v) is 3.14. The minimum Gasteiger partial charge on any atom is -0.439 e. The second-order valence-electron chi connectivity index (χ2n) is 4.74. The van der Waals surface area contributed by atoms with E-state index in [4.69, 9.17) is 10.2 Å². The highest BCUT2D eigenvalue weighted by Crippen LogP contribution is 2.18. The van der Waals surface area contributed by atoms with Gasteiger partial charge in [-0.25, -0.2) is 9.78 Å². The molecule has 6 heteroatoms. The van der Waals surface area contributed by atoms with E-state index < -0.39 is 0 Å². The SMILES string of the molecule is CCCn1ccn(Cc2nc3ccc(N)cc3o2)c1=O. The Kier molecular flexibility index (Phi) is 3.06. The van der Waals surface area contributed by atoms with Crippen LogP contribution in [0.15, 0.2) is 39.8 Å². The predicted octanol–water partition coefficient (Wildman–Crippen LogP) is 1.83. The Morgan fingerprint density at radius 1 is 1.30 bits per heavy atom. The molecule has 1 aromatic carbocycles. The fraction of sp³-hybridized carbons (Fsp3) is 0.286. The van der Waals surface area contributed by atoms with E-state index in [1.54, 1.807) is 33.7 Å². The second kappa shape index (κ2) is 4.88. The summed E-state index contributed by atoms with van der Waals surface area (Å²) in [6.07, 6.45) is 4.46. The number of nitrogens with zero attached hydrogens (tertiary/aromatic N) is 3. The third kappa shape index (κ3) is 2.20. The Balaban J connectivity index is 1.91. The van der Waals surface area contributed by atoms with E-state index in [0.29, 0.717) is 23.7 Å². The van der Waals surface area contributed by atoms with Gasteiger partial charge in [-0.1, -0.05) is 6.92 Å². The molecule has 20 heavy (non-hydrogen) atoms. The fourth-order valence-electron chi connectivity index (χ4n) is 2.19. The van der Waals surface area contributed by atoms with Gasteiger partial charge in [0, 0.05) is 30.7 Å². The van der Waals surface area contributed by atoms with Gasteiger partial charge in [0.05, 0.1) is 0 Å². The molecule has 0 fully saturated rings. The van der Waals surface area contributed by atoms with Gasteiger partial charge in [0.15, 0.2) is 5.58 Å². The number of hydrogen-bond donors (Lipinski definition) is 1. The Labute approximate surface area is 115 Å². The van der Waals surface area contributed by atoms with E-state index in [1.165, 1.54) is 0 Å². The number of aromatic nitrogens is 3. The molecule has 0 aliphatic carbocycles. The van der Waals surface area contributed by atoms with Crippen LogP contribution >= 0.6 is 0 Å². The first-order valence-electron chi connectivity index (χ1n) is 6.58. The van der Waals surface area contributed by atoms with Crippen molar-refractivity contribution in [2.45, 2.75) is 26.4 Å². The molecule has 3 rings (SSSR count). The zero-order valence-corrected chi connectivity index (χ0v) is 11.2. The molecule has 6 nitrogen and oxygen atoms in total. The van der Waals surface area contributed by atoms with Crippen LogP contribution in [0.4, 0.5) is 5.69 Å². The Morgan fingerprint density at radius 3 is 2.90 bits per heavy atom. The lowest BCUT2D eigenvalue weighted by molar-refractivity contribution is 0.499. The van der Waals surface area contributed by atoms with Gasteiger partial charge in [0.2, 0.25) is 5.89 Å². The number of nitrogens with two attached hydrogens (primary N) is 1. The molecule has 2 heterocycles. The Hall–Kier alpha value is -2.50. The molecule has 0 amide bonds. The van der Waals surface area contributed by atoms with Crippen molar-refractivity contribution in [3.8, 4) is 0 Å². The highest BCUT2D eigenvalue weighted by molar-refractivity contribution is 5.76. The number of nitrogen functional groups attached to an aromatic ring is 1. The van der Waals surface area contributed by atoms with E-state index >= 15 is 0 Å². The van der Waals surface area contributed by atoms with Crippen molar-refractivity contribution in [3.63, 3.8) is 0 Å². The van der Waals surface area contributed by atoms with Crippen LogP contribution in [0.25, 0.3) is 11.1 Å². The van der Waals surface area contributed by atoms with E-state index in [9.17, 15) is 4.79 Å². The molecule has 2 aromatic heterocycles. The van der Waals surface area contributed by atoms with Gasteiger partial charge in [0.1, 0.15) is 12.1 Å². The van der Waals surface area contributed by atoms with Crippen LogP contribution in [0, 0.1) is 0 Å². The Bertz CT molecular complexity index is 797. The first-order chi connectivity index (χ1) is 9.67. The summed E-state index contributed by atoms with van der Waals surface area (Å²) in [7, 11) is 0. The average molecular weight is 272 g/mol. The summed E-state index contributed by atoms with van der Waals surface area (Å²) in [5.74, 6) is 0.502. The van der Waals surface area contributed by atoms with Crippen molar-refractivity contribution in [3.05, 3.63) is 47.0 Å². The van der Waals surface area contributed by atoms with Gasteiger partial charge in [-0.3, -0.25) is 9.13 Å². The second-order valence-corrected chi connectivity index (χ2v) is 4.74. The molecule has 3 aromatic rings. The number of aryl methyl sites for hydroxylation is 1. The highest BCUT2D eigenvalue weighted by Gasteiger charge is 2.09. The van der Waals surface area contributed by atoms with Crippen molar-refractivity contribution in [2.24, 2.45) is 0 Å². The first-order valence-corrected chi connectivity index (χ1v) is 6.58. The zero-order chi connectivity index (χ0) is 14.1. The lowest BCUT2D eigenvalue weighted by Gasteiger charge is -1.97. The van der Waals surface area contributed by atoms with Gasteiger partial charge < -0.3 is 10.2 Å². The molecule has 0 unspecified atom stereocenters. The van der Waals surface area contributed by atoms with E-state index in [1.807, 2.05) is 13.0 Å². The number of fused-ring (bicyclic) bond motifs is 1. The van der Waals surface area contributed by atoms with Crippen LogP contribution in [0.2, 0.25) is 0 Å². The number of hydrogen-bond acceptors (Lipinski definition) is 4. The summed E-state index contributed by atoms with van der Waals surface area (Å²) in [4.78, 5) is 16.4. The molecule has 0 spiro atoms. The van der Waals surface area contributed by atoms with Crippen LogP contribution in [-0.2, 0) is 13.1 Å². The van der Waals surface area contributed by atoms with Crippen LogP contribution in [0.5, 0.6) is 0 Å². The number of benzene rings is 1. The highest BCUT2D eigenvalue weighted by atomic mass is 16.3. The maximum Gasteiger partial charge on any atom is 0.328 e. The van der Waals surface area contributed by atoms with Crippen molar-refractivity contribution in [1.82, 2.24) is 14.1 Å². The molecular weight excluding hydrogens is 256 g/mol. The molecule has 0 aliphatic rings. The van der Waals surface area contributed by atoms with Crippen LogP contribution in [0.3, 0.4) is 0 Å². The van der Waals surface area contributed by atoms with Crippen molar-refractivity contribution < 1.29 is 4.42 Å². The minimum atomic E-state index is -0.0476. The predicted molar refractivity (Wildman–Crippen MR) is 76.5 cm³/mol. The molecule has 0 bridgehead atoms.